The summed E-state index contributed by atoms with van der Waals surface area (Å²) in [7, 11) is -3.57. The number of aromatic nitrogens is 2. The summed E-state index contributed by atoms with van der Waals surface area (Å²) in [6, 6.07) is 7.50. The molecular weight excluding hydrogens is 373 g/mol. The van der Waals surface area contributed by atoms with Crippen molar-refractivity contribution in [1.29, 1.82) is 0 Å². The quantitative estimate of drug-likeness (QED) is 0.777. The number of amides is 1. The number of sulfone groups is 1. The molecule has 0 aliphatic carbocycles. The van der Waals surface area contributed by atoms with E-state index >= 15 is 0 Å². The highest BCUT2D eigenvalue weighted by Gasteiger charge is 2.35. The standard InChI is InChI=1S/C18H20FN3O4S/c19-14-5-2-1-4-13(14)16-6-8-21(9-11-27(16,24)25)18(23)15-12-17-22(20-15)7-3-10-26-17/h1-2,4-5,12,16H,3,6-11H2/t16-/m1/s1. The number of fused-ring (bicyclic) bond motifs is 1. The highest BCUT2D eigenvalue weighted by molar-refractivity contribution is 7.91. The van der Waals surface area contributed by atoms with Gasteiger partial charge < -0.3 is 9.64 Å². The number of benzene rings is 1. The van der Waals surface area contributed by atoms with Gasteiger partial charge in [0.1, 0.15) is 5.82 Å². The first-order valence-corrected chi connectivity index (χ1v) is 10.6. The first-order chi connectivity index (χ1) is 13.0. The van der Waals surface area contributed by atoms with Crippen LogP contribution >= 0.6 is 0 Å². The molecule has 3 heterocycles. The maximum absolute atomic E-state index is 14.1. The van der Waals surface area contributed by atoms with Gasteiger partial charge in [0.2, 0.25) is 5.88 Å². The van der Waals surface area contributed by atoms with Gasteiger partial charge in [-0.2, -0.15) is 5.10 Å². The first kappa shape index (κ1) is 18.0. The number of carbonyl (C=O) groups excluding carboxylic acids is 1. The number of rotatable bonds is 2. The molecule has 0 saturated carbocycles. The normalized spacial score (nSPS) is 21.8. The van der Waals surface area contributed by atoms with Gasteiger partial charge in [-0.15, -0.1) is 0 Å². The summed E-state index contributed by atoms with van der Waals surface area (Å²) >= 11 is 0. The molecule has 4 rings (SSSR count). The predicted molar refractivity (Wildman–Crippen MR) is 95.8 cm³/mol. The molecule has 7 nitrogen and oxygen atoms in total. The lowest BCUT2D eigenvalue weighted by molar-refractivity contribution is 0.0759. The molecule has 0 radical (unpaired) electrons. The number of ether oxygens (including phenoxy) is 1. The maximum atomic E-state index is 14.1. The number of hydrogen-bond donors (Lipinski definition) is 0. The van der Waals surface area contributed by atoms with Crippen LogP contribution in [0.4, 0.5) is 4.39 Å². The highest BCUT2D eigenvalue weighted by atomic mass is 32.2. The van der Waals surface area contributed by atoms with Gasteiger partial charge in [-0.25, -0.2) is 17.5 Å². The number of aryl methyl sites for hydroxylation is 1. The highest BCUT2D eigenvalue weighted by Crippen LogP contribution is 2.31. The minimum absolute atomic E-state index is 0.0647. The van der Waals surface area contributed by atoms with E-state index < -0.39 is 20.9 Å². The van der Waals surface area contributed by atoms with Crippen molar-refractivity contribution in [2.24, 2.45) is 0 Å². The van der Waals surface area contributed by atoms with Gasteiger partial charge in [0.05, 0.1) is 17.6 Å². The zero-order chi connectivity index (χ0) is 19.0. The molecule has 1 aromatic carbocycles. The van der Waals surface area contributed by atoms with Crippen molar-refractivity contribution in [1.82, 2.24) is 14.7 Å². The summed E-state index contributed by atoms with van der Waals surface area (Å²) in [6.07, 6.45) is 0.980. The Balaban J connectivity index is 1.56. The molecule has 1 atom stereocenters. The minimum Gasteiger partial charge on any atom is -0.478 e. The SMILES string of the molecule is O=C(c1cc2n(n1)CCCO2)N1CC[C@H](c2ccccc2F)S(=O)(=O)CC1. The van der Waals surface area contributed by atoms with E-state index in [0.29, 0.717) is 19.0 Å². The lowest BCUT2D eigenvalue weighted by Crippen LogP contribution is -2.34. The van der Waals surface area contributed by atoms with Crippen LogP contribution in [0.25, 0.3) is 0 Å². The molecule has 0 spiro atoms. The predicted octanol–water partition coefficient (Wildman–Crippen LogP) is 1.81. The van der Waals surface area contributed by atoms with Crippen LogP contribution in [-0.2, 0) is 16.4 Å². The van der Waals surface area contributed by atoms with Crippen LogP contribution in [0.5, 0.6) is 5.88 Å². The Kier molecular flexibility index (Phi) is 4.63. The van der Waals surface area contributed by atoms with Gasteiger partial charge in [0.15, 0.2) is 15.5 Å². The number of hydrogen-bond acceptors (Lipinski definition) is 5. The molecule has 2 aliphatic rings. The van der Waals surface area contributed by atoms with Gasteiger partial charge in [-0.05, 0) is 12.5 Å². The Bertz CT molecular complexity index is 949. The Morgan fingerprint density at radius 2 is 2.04 bits per heavy atom. The fourth-order valence-corrected chi connectivity index (χ4v) is 5.37. The molecule has 0 N–H and O–H groups in total. The van der Waals surface area contributed by atoms with Crippen LogP contribution in [0.1, 0.15) is 34.1 Å². The van der Waals surface area contributed by atoms with Crippen molar-refractivity contribution in [3.63, 3.8) is 0 Å². The third kappa shape index (κ3) is 3.43. The van der Waals surface area contributed by atoms with E-state index in [1.165, 1.54) is 23.1 Å². The fourth-order valence-electron chi connectivity index (χ4n) is 3.57. The van der Waals surface area contributed by atoms with Gasteiger partial charge in [-0.3, -0.25) is 4.79 Å². The summed E-state index contributed by atoms with van der Waals surface area (Å²) < 4.78 is 46.6. The van der Waals surface area contributed by atoms with Crippen molar-refractivity contribution in [2.45, 2.75) is 24.6 Å². The Morgan fingerprint density at radius 1 is 1.22 bits per heavy atom. The molecule has 1 aromatic heterocycles. The molecule has 0 bridgehead atoms. The fraction of sp³-hybridized carbons (Fsp3) is 0.444. The number of carbonyl (C=O) groups is 1. The molecule has 2 aromatic rings. The van der Waals surface area contributed by atoms with Crippen LogP contribution in [0, 0.1) is 5.82 Å². The molecule has 144 valence electrons. The summed E-state index contributed by atoms with van der Waals surface area (Å²) in [5.41, 5.74) is 0.409. The first-order valence-electron chi connectivity index (χ1n) is 8.91. The van der Waals surface area contributed by atoms with Crippen LogP contribution in [-0.4, -0.2) is 54.5 Å². The number of nitrogens with zero attached hydrogens (tertiary/aromatic N) is 3. The molecule has 0 unspecified atom stereocenters. The van der Waals surface area contributed by atoms with Crippen molar-refractivity contribution in [3.05, 3.63) is 47.4 Å². The Hall–Kier alpha value is -2.42. The molecule has 27 heavy (non-hydrogen) atoms. The van der Waals surface area contributed by atoms with Gasteiger partial charge >= 0.3 is 0 Å². The van der Waals surface area contributed by atoms with Gasteiger partial charge in [-0.1, -0.05) is 18.2 Å². The molecule has 2 aliphatic heterocycles. The zero-order valence-corrected chi connectivity index (χ0v) is 15.5. The Morgan fingerprint density at radius 3 is 2.81 bits per heavy atom. The van der Waals surface area contributed by atoms with E-state index in [4.69, 9.17) is 4.74 Å². The van der Waals surface area contributed by atoms with Crippen molar-refractivity contribution in [2.75, 3.05) is 25.4 Å². The van der Waals surface area contributed by atoms with Gasteiger partial charge in [0, 0.05) is 37.7 Å². The van der Waals surface area contributed by atoms with E-state index in [1.54, 1.807) is 16.8 Å². The van der Waals surface area contributed by atoms with Gasteiger partial charge in [0.25, 0.3) is 5.91 Å². The van der Waals surface area contributed by atoms with E-state index in [9.17, 15) is 17.6 Å². The van der Waals surface area contributed by atoms with E-state index in [-0.39, 0.29) is 42.4 Å². The average Bonchev–Trinajstić information content (AvgIpc) is 3.02. The second-order valence-corrected chi connectivity index (χ2v) is 9.05. The average molecular weight is 393 g/mol. The summed E-state index contributed by atoms with van der Waals surface area (Å²) in [5.74, 6) is -0.520. The number of halogens is 1. The third-order valence-corrected chi connectivity index (χ3v) is 7.11. The smallest absolute Gasteiger partial charge is 0.274 e. The molecule has 1 amide bonds. The van der Waals surface area contributed by atoms with Crippen molar-refractivity contribution >= 4 is 15.7 Å². The summed E-state index contributed by atoms with van der Waals surface area (Å²) in [6.45, 7) is 1.56. The summed E-state index contributed by atoms with van der Waals surface area (Å²) in [4.78, 5) is 14.3. The van der Waals surface area contributed by atoms with E-state index in [1.807, 2.05) is 0 Å². The Labute approximate surface area is 156 Å². The van der Waals surface area contributed by atoms with E-state index in [2.05, 4.69) is 5.10 Å². The largest absolute Gasteiger partial charge is 0.478 e. The lowest BCUT2D eigenvalue weighted by Gasteiger charge is -2.18. The van der Waals surface area contributed by atoms with Crippen molar-refractivity contribution < 1.29 is 22.3 Å². The van der Waals surface area contributed by atoms with Crippen LogP contribution in [0.15, 0.2) is 30.3 Å². The molecular formula is C18H20FN3O4S. The monoisotopic (exact) mass is 393 g/mol. The maximum Gasteiger partial charge on any atom is 0.274 e. The third-order valence-electron chi connectivity index (χ3n) is 5.01. The second-order valence-electron chi connectivity index (χ2n) is 6.75. The van der Waals surface area contributed by atoms with Crippen LogP contribution in [0.2, 0.25) is 0 Å². The van der Waals surface area contributed by atoms with Crippen molar-refractivity contribution in [3.8, 4) is 5.88 Å². The van der Waals surface area contributed by atoms with Crippen LogP contribution in [0.3, 0.4) is 0 Å². The van der Waals surface area contributed by atoms with Crippen LogP contribution < -0.4 is 4.74 Å². The topological polar surface area (TPSA) is 81.5 Å². The molecule has 1 saturated heterocycles. The molecule has 9 heteroatoms. The lowest BCUT2D eigenvalue weighted by atomic mass is 10.1. The molecule has 1 fully saturated rings. The minimum atomic E-state index is -3.57. The second kappa shape index (κ2) is 6.95. The zero-order valence-electron chi connectivity index (χ0n) is 14.7. The van der Waals surface area contributed by atoms with E-state index in [0.717, 1.165) is 6.42 Å². The summed E-state index contributed by atoms with van der Waals surface area (Å²) in [5, 5.41) is 3.33.